The van der Waals surface area contributed by atoms with Gasteiger partial charge in [-0.1, -0.05) is 28.1 Å². The second-order valence-corrected chi connectivity index (χ2v) is 4.99. The van der Waals surface area contributed by atoms with Crippen LogP contribution in [0.3, 0.4) is 0 Å². The molecule has 2 rings (SSSR count). The molecule has 4 nitrogen and oxygen atoms in total. The van der Waals surface area contributed by atoms with Crippen molar-refractivity contribution in [2.75, 3.05) is 11.9 Å². The van der Waals surface area contributed by atoms with Gasteiger partial charge in [0.1, 0.15) is 0 Å². The van der Waals surface area contributed by atoms with E-state index in [9.17, 15) is 0 Å². The Kier molecular flexibility index (Phi) is 4.28. The number of nitrogens with two attached hydrogens (primary N) is 1. The number of benzene rings is 1. The van der Waals surface area contributed by atoms with Crippen LogP contribution in [-0.2, 0) is 13.1 Å². The average molecular weight is 307 g/mol. The smallest absolute Gasteiger partial charge is 0.151 e. The zero-order valence-electron chi connectivity index (χ0n) is 10.2. The fourth-order valence-corrected chi connectivity index (χ4v) is 1.87. The van der Waals surface area contributed by atoms with E-state index in [4.69, 9.17) is 5.73 Å². The van der Waals surface area contributed by atoms with E-state index in [2.05, 4.69) is 43.2 Å². The molecule has 1 aromatic carbocycles. The number of anilines is 1. The van der Waals surface area contributed by atoms with Crippen LogP contribution in [0.4, 0.5) is 5.82 Å². The Hall–Kier alpha value is -1.46. The number of rotatable bonds is 4. The number of halogens is 1. The van der Waals surface area contributed by atoms with E-state index < -0.39 is 0 Å². The van der Waals surface area contributed by atoms with Gasteiger partial charge in [-0.05, 0) is 29.8 Å². The first-order valence-electron chi connectivity index (χ1n) is 5.67. The van der Waals surface area contributed by atoms with Crippen LogP contribution in [0, 0.1) is 0 Å². The summed E-state index contributed by atoms with van der Waals surface area (Å²) in [5, 5.41) is 8.20. The molecule has 1 heterocycles. The monoisotopic (exact) mass is 306 g/mol. The summed E-state index contributed by atoms with van der Waals surface area (Å²) >= 11 is 3.42. The summed E-state index contributed by atoms with van der Waals surface area (Å²) in [6, 6.07) is 12.1. The van der Waals surface area contributed by atoms with E-state index in [1.807, 2.05) is 31.3 Å². The zero-order chi connectivity index (χ0) is 13.0. The third-order valence-electron chi connectivity index (χ3n) is 2.64. The summed E-state index contributed by atoms with van der Waals surface area (Å²) in [6.07, 6.45) is 0. The van der Waals surface area contributed by atoms with Gasteiger partial charge in [0, 0.05) is 24.6 Å². The number of hydrogen-bond donors (Lipinski definition) is 1. The van der Waals surface area contributed by atoms with E-state index >= 15 is 0 Å². The average Bonchev–Trinajstić information content (AvgIpc) is 2.41. The molecular weight excluding hydrogens is 292 g/mol. The second-order valence-electron chi connectivity index (χ2n) is 4.07. The summed E-state index contributed by atoms with van der Waals surface area (Å²) in [5.74, 6) is 0.843. The SMILES string of the molecule is CN(Cc1ccc(Br)cc1)c1ccc(CN)nn1. The number of aromatic nitrogens is 2. The van der Waals surface area contributed by atoms with Crippen molar-refractivity contribution in [3.63, 3.8) is 0 Å². The maximum absolute atomic E-state index is 5.49. The van der Waals surface area contributed by atoms with E-state index in [0.717, 1.165) is 22.5 Å². The normalized spacial score (nSPS) is 10.4. The molecular formula is C13H15BrN4. The molecule has 0 spiro atoms. The fourth-order valence-electron chi connectivity index (χ4n) is 1.61. The van der Waals surface area contributed by atoms with Crippen molar-refractivity contribution in [3.05, 3.63) is 52.1 Å². The zero-order valence-corrected chi connectivity index (χ0v) is 11.8. The highest BCUT2D eigenvalue weighted by Gasteiger charge is 2.04. The van der Waals surface area contributed by atoms with Crippen molar-refractivity contribution in [2.45, 2.75) is 13.1 Å². The minimum Gasteiger partial charge on any atom is -0.354 e. The van der Waals surface area contributed by atoms with Crippen molar-refractivity contribution < 1.29 is 0 Å². The van der Waals surface area contributed by atoms with E-state index in [0.29, 0.717) is 6.54 Å². The summed E-state index contributed by atoms with van der Waals surface area (Å²) in [5.41, 5.74) is 7.52. The Morgan fingerprint density at radius 3 is 2.39 bits per heavy atom. The summed E-state index contributed by atoms with van der Waals surface area (Å²) in [7, 11) is 1.99. The van der Waals surface area contributed by atoms with Crippen LogP contribution >= 0.6 is 15.9 Å². The highest BCUT2D eigenvalue weighted by molar-refractivity contribution is 9.10. The van der Waals surface area contributed by atoms with E-state index in [1.165, 1.54) is 5.56 Å². The first kappa shape index (κ1) is 13.0. The molecule has 0 fully saturated rings. The predicted molar refractivity (Wildman–Crippen MR) is 76.2 cm³/mol. The molecule has 0 bridgehead atoms. The summed E-state index contributed by atoms with van der Waals surface area (Å²) in [4.78, 5) is 2.05. The van der Waals surface area contributed by atoms with Crippen molar-refractivity contribution in [1.29, 1.82) is 0 Å². The Bertz CT molecular complexity index is 495. The van der Waals surface area contributed by atoms with Gasteiger partial charge in [-0.3, -0.25) is 0 Å². The molecule has 5 heteroatoms. The van der Waals surface area contributed by atoms with Crippen molar-refractivity contribution in [2.24, 2.45) is 5.73 Å². The highest BCUT2D eigenvalue weighted by Crippen LogP contribution is 2.14. The van der Waals surface area contributed by atoms with Crippen LogP contribution < -0.4 is 10.6 Å². The largest absolute Gasteiger partial charge is 0.354 e. The van der Waals surface area contributed by atoms with E-state index in [-0.39, 0.29) is 0 Å². The van der Waals surface area contributed by atoms with Gasteiger partial charge in [0.05, 0.1) is 5.69 Å². The van der Waals surface area contributed by atoms with Gasteiger partial charge in [0.15, 0.2) is 5.82 Å². The van der Waals surface area contributed by atoms with Crippen LogP contribution in [0.25, 0.3) is 0 Å². The summed E-state index contributed by atoms with van der Waals surface area (Å²) in [6.45, 7) is 1.22. The first-order chi connectivity index (χ1) is 8.69. The summed E-state index contributed by atoms with van der Waals surface area (Å²) < 4.78 is 1.08. The van der Waals surface area contributed by atoms with Crippen LogP contribution in [0.5, 0.6) is 0 Å². The highest BCUT2D eigenvalue weighted by atomic mass is 79.9. The quantitative estimate of drug-likeness (QED) is 0.942. The Labute approximate surface area is 115 Å². The molecule has 2 N–H and O–H groups in total. The molecule has 0 saturated carbocycles. The lowest BCUT2D eigenvalue weighted by Crippen LogP contribution is -2.18. The van der Waals surface area contributed by atoms with Crippen LogP contribution in [0.1, 0.15) is 11.3 Å². The number of nitrogens with zero attached hydrogens (tertiary/aromatic N) is 3. The molecule has 18 heavy (non-hydrogen) atoms. The fraction of sp³-hybridized carbons (Fsp3) is 0.231. The maximum atomic E-state index is 5.49. The van der Waals surface area contributed by atoms with Crippen LogP contribution in [0.2, 0.25) is 0 Å². The van der Waals surface area contributed by atoms with Gasteiger partial charge in [-0.2, -0.15) is 5.10 Å². The van der Waals surface area contributed by atoms with Crippen LogP contribution in [0.15, 0.2) is 40.9 Å². The third kappa shape index (κ3) is 3.27. The van der Waals surface area contributed by atoms with Gasteiger partial charge in [-0.15, -0.1) is 5.10 Å². The predicted octanol–water partition coefficient (Wildman–Crippen LogP) is 2.33. The molecule has 0 aliphatic carbocycles. The molecule has 0 saturated heterocycles. The molecule has 0 unspecified atom stereocenters. The Balaban J connectivity index is 2.06. The Morgan fingerprint density at radius 1 is 1.11 bits per heavy atom. The molecule has 0 amide bonds. The molecule has 0 aliphatic rings. The van der Waals surface area contributed by atoms with Crippen molar-refractivity contribution >= 4 is 21.7 Å². The van der Waals surface area contributed by atoms with E-state index in [1.54, 1.807) is 0 Å². The van der Waals surface area contributed by atoms with Crippen LogP contribution in [-0.4, -0.2) is 17.2 Å². The minimum atomic E-state index is 0.420. The van der Waals surface area contributed by atoms with Crippen molar-refractivity contribution in [1.82, 2.24) is 10.2 Å². The molecule has 0 radical (unpaired) electrons. The Morgan fingerprint density at radius 2 is 1.83 bits per heavy atom. The lowest BCUT2D eigenvalue weighted by Gasteiger charge is -2.17. The standard InChI is InChI=1S/C13H15BrN4/c1-18(9-10-2-4-11(14)5-3-10)13-7-6-12(8-15)16-17-13/h2-7H,8-9,15H2,1H3. The maximum Gasteiger partial charge on any atom is 0.151 e. The third-order valence-corrected chi connectivity index (χ3v) is 3.17. The molecule has 0 aliphatic heterocycles. The lowest BCUT2D eigenvalue weighted by molar-refractivity contribution is 0.836. The van der Waals surface area contributed by atoms with Crippen molar-refractivity contribution in [3.8, 4) is 0 Å². The van der Waals surface area contributed by atoms with Gasteiger partial charge >= 0.3 is 0 Å². The van der Waals surface area contributed by atoms with Gasteiger partial charge in [-0.25, -0.2) is 0 Å². The second kappa shape index (κ2) is 5.93. The molecule has 94 valence electrons. The van der Waals surface area contributed by atoms with Gasteiger partial charge in [0.2, 0.25) is 0 Å². The first-order valence-corrected chi connectivity index (χ1v) is 6.46. The van der Waals surface area contributed by atoms with Gasteiger partial charge < -0.3 is 10.6 Å². The molecule has 1 aromatic heterocycles. The molecule has 0 atom stereocenters. The number of hydrogen-bond acceptors (Lipinski definition) is 4. The minimum absolute atomic E-state index is 0.420. The van der Waals surface area contributed by atoms with Gasteiger partial charge in [0.25, 0.3) is 0 Å². The lowest BCUT2D eigenvalue weighted by atomic mass is 10.2. The molecule has 2 aromatic rings. The topological polar surface area (TPSA) is 55.0 Å².